The second-order valence-corrected chi connectivity index (χ2v) is 8.33. The van der Waals surface area contributed by atoms with Gasteiger partial charge < -0.3 is 0 Å². The average Bonchev–Trinajstić information content (AvgIpc) is 2.78. The summed E-state index contributed by atoms with van der Waals surface area (Å²) in [6, 6.07) is 14.9. The number of benzene rings is 2. The number of hydrogen-bond donors (Lipinski definition) is 0. The van der Waals surface area contributed by atoms with Gasteiger partial charge in [-0.15, -0.1) is 0 Å². The molecule has 2 aromatic rings. The predicted molar refractivity (Wildman–Crippen MR) is 113 cm³/mol. The third kappa shape index (κ3) is 3.44. The predicted octanol–water partition coefficient (Wildman–Crippen LogP) is 6.79. The first kappa shape index (κ1) is 18.7. The maximum absolute atomic E-state index is 9.69. The van der Waals surface area contributed by atoms with E-state index in [1.54, 1.807) is 0 Å². The van der Waals surface area contributed by atoms with E-state index in [9.17, 15) is 5.26 Å². The number of hydrogen-bond acceptors (Lipinski definition) is 1. The van der Waals surface area contributed by atoms with Crippen molar-refractivity contribution in [1.82, 2.24) is 0 Å². The molecule has 2 nitrogen and oxygen atoms in total. The van der Waals surface area contributed by atoms with Crippen molar-refractivity contribution in [3.63, 3.8) is 0 Å². The molecule has 0 unspecified atom stereocenters. The van der Waals surface area contributed by atoms with Crippen LogP contribution in [0.1, 0.15) is 73.9 Å². The molecule has 0 atom stereocenters. The number of nitrogens with zero attached hydrogens (tertiary/aromatic N) is 2. The topological polar surface area (TPSA) is 28.1 Å². The van der Waals surface area contributed by atoms with Crippen molar-refractivity contribution < 1.29 is 0 Å². The van der Waals surface area contributed by atoms with Crippen LogP contribution in [0.3, 0.4) is 0 Å². The van der Waals surface area contributed by atoms with Crippen LogP contribution in [-0.2, 0) is 5.41 Å². The van der Waals surface area contributed by atoms with Gasteiger partial charge in [0.1, 0.15) is 0 Å². The van der Waals surface area contributed by atoms with Crippen molar-refractivity contribution in [1.29, 1.82) is 5.26 Å². The summed E-state index contributed by atoms with van der Waals surface area (Å²) in [5.41, 5.74) is 7.29. The molecule has 1 aliphatic rings. The van der Waals surface area contributed by atoms with Gasteiger partial charge >= 0.3 is 0 Å². The fraction of sp³-hybridized carbons (Fsp3) is 0.280. The molecule has 2 aromatic carbocycles. The highest BCUT2D eigenvalue weighted by Crippen LogP contribution is 2.39. The first-order chi connectivity index (χ1) is 12.8. The van der Waals surface area contributed by atoms with Gasteiger partial charge in [-0.2, -0.15) is 0 Å². The Morgan fingerprint density at radius 2 is 1.59 bits per heavy atom. The van der Waals surface area contributed by atoms with E-state index in [-0.39, 0.29) is 11.1 Å². The van der Waals surface area contributed by atoms with E-state index in [4.69, 9.17) is 6.57 Å². The van der Waals surface area contributed by atoms with Crippen LogP contribution in [0.2, 0.25) is 0 Å². The van der Waals surface area contributed by atoms with Crippen LogP contribution < -0.4 is 0 Å². The molecular weight excluding hydrogens is 328 g/mol. The molecule has 0 fully saturated rings. The molecule has 0 saturated carbocycles. The van der Waals surface area contributed by atoms with Gasteiger partial charge in [-0.05, 0) is 44.7 Å². The smallest absolute Gasteiger partial charge is 0.226 e. The largest absolute Gasteiger partial charge is 0.270 e. The number of fused-ring (bicyclic) bond motifs is 2. The van der Waals surface area contributed by atoms with E-state index in [1.807, 2.05) is 0 Å². The molecule has 0 saturated heterocycles. The molecule has 2 heteroatoms. The molecule has 27 heavy (non-hydrogen) atoms. The van der Waals surface area contributed by atoms with Crippen molar-refractivity contribution >= 4 is 17.7 Å². The average molecular weight is 352 g/mol. The van der Waals surface area contributed by atoms with Gasteiger partial charge in [0.2, 0.25) is 0 Å². The Morgan fingerprint density at radius 1 is 1.00 bits per heavy atom. The summed E-state index contributed by atoms with van der Waals surface area (Å²) in [7, 11) is 0. The summed E-state index contributed by atoms with van der Waals surface area (Å²) in [4.78, 5) is 3.58. The molecule has 0 radical (unpaired) electrons. The van der Waals surface area contributed by atoms with Gasteiger partial charge in [-0.3, -0.25) is 0 Å². The number of rotatable bonds is 1. The van der Waals surface area contributed by atoms with E-state index in [0.717, 1.165) is 27.8 Å². The Hall–Kier alpha value is -3.10. The molecule has 3 rings (SSSR count). The normalized spacial score (nSPS) is 14.7. The second kappa shape index (κ2) is 6.90. The number of allylic oxidation sites excluding steroid dienone is 1. The first-order valence-electron chi connectivity index (χ1n) is 9.25. The molecule has 0 heterocycles. The first-order valence-corrected chi connectivity index (χ1v) is 9.25. The Balaban J connectivity index is 2.41. The zero-order valence-electron chi connectivity index (χ0n) is 16.6. The maximum atomic E-state index is 9.69. The highest BCUT2D eigenvalue weighted by Gasteiger charge is 2.23. The minimum atomic E-state index is -0.0102. The highest BCUT2D eigenvalue weighted by molar-refractivity contribution is 5.96. The van der Waals surface area contributed by atoms with Crippen LogP contribution in [0.4, 0.5) is 0 Å². The third-order valence-electron chi connectivity index (χ3n) is 5.10. The lowest BCUT2D eigenvalue weighted by atomic mass is 9.82. The van der Waals surface area contributed by atoms with E-state index >= 15 is 0 Å². The molecule has 0 amide bonds. The molecular formula is C25H24N2. The Morgan fingerprint density at radius 3 is 2.11 bits per heavy atom. The van der Waals surface area contributed by atoms with Crippen LogP contribution in [0.25, 0.3) is 22.6 Å². The van der Waals surface area contributed by atoms with E-state index in [1.165, 1.54) is 11.1 Å². The fourth-order valence-corrected chi connectivity index (χ4v) is 3.40. The standard InChI is InChI=1S/C25H24N2/c1-16(2)19-10-9-17-7-8-18-11-12-20(25(3,4)5)14-22(18)24(21(17)13-19)23(15-26)27-6/h7-14,16H,1-5H3/b24-23+. The van der Waals surface area contributed by atoms with Gasteiger partial charge in [0.25, 0.3) is 5.70 Å². The SMILES string of the molecule is [C-]#[N+]/C(C#N)=C1\c2cc(C(C)C)ccc2C=Cc2ccc(C(C)(C)C)cc21. The molecule has 0 aromatic heterocycles. The van der Waals surface area contributed by atoms with Gasteiger partial charge in [-0.1, -0.05) is 83.2 Å². The van der Waals surface area contributed by atoms with Crippen molar-refractivity contribution in [2.24, 2.45) is 0 Å². The van der Waals surface area contributed by atoms with Gasteiger partial charge in [0, 0.05) is 5.57 Å². The van der Waals surface area contributed by atoms with Crippen LogP contribution in [0, 0.1) is 17.9 Å². The Bertz CT molecular complexity index is 1030. The lowest BCUT2D eigenvalue weighted by Gasteiger charge is -2.22. The highest BCUT2D eigenvalue weighted by atomic mass is 14.7. The zero-order valence-corrected chi connectivity index (χ0v) is 16.6. The summed E-state index contributed by atoms with van der Waals surface area (Å²) in [5, 5.41) is 9.69. The van der Waals surface area contributed by atoms with Crippen LogP contribution in [-0.4, -0.2) is 0 Å². The lowest BCUT2D eigenvalue weighted by molar-refractivity contribution is 0.590. The van der Waals surface area contributed by atoms with E-state index in [2.05, 4.69) is 94.1 Å². The minimum Gasteiger partial charge on any atom is -0.226 e. The second-order valence-electron chi connectivity index (χ2n) is 8.33. The summed E-state index contributed by atoms with van der Waals surface area (Å²) in [6.45, 7) is 18.4. The monoisotopic (exact) mass is 352 g/mol. The minimum absolute atomic E-state index is 0.0102. The fourth-order valence-electron chi connectivity index (χ4n) is 3.40. The van der Waals surface area contributed by atoms with Gasteiger partial charge in [0.05, 0.1) is 12.6 Å². The van der Waals surface area contributed by atoms with E-state index < -0.39 is 0 Å². The maximum Gasteiger partial charge on any atom is 0.270 e. The Kier molecular flexibility index (Phi) is 4.77. The lowest BCUT2D eigenvalue weighted by Crippen LogP contribution is -2.12. The summed E-state index contributed by atoms with van der Waals surface area (Å²) in [5.74, 6) is 0.377. The molecule has 0 bridgehead atoms. The third-order valence-corrected chi connectivity index (χ3v) is 5.10. The molecule has 0 N–H and O–H groups in total. The number of nitriles is 1. The van der Waals surface area contributed by atoms with Crippen molar-refractivity contribution in [3.05, 3.63) is 86.9 Å². The van der Waals surface area contributed by atoms with Crippen LogP contribution in [0.15, 0.2) is 42.1 Å². The van der Waals surface area contributed by atoms with Crippen molar-refractivity contribution in [2.75, 3.05) is 0 Å². The van der Waals surface area contributed by atoms with Crippen molar-refractivity contribution in [3.8, 4) is 6.07 Å². The van der Waals surface area contributed by atoms with Crippen LogP contribution in [0.5, 0.6) is 0 Å². The summed E-state index contributed by atoms with van der Waals surface area (Å²) in [6.07, 6.45) is 4.17. The van der Waals surface area contributed by atoms with Gasteiger partial charge in [-0.25, -0.2) is 10.1 Å². The summed E-state index contributed by atoms with van der Waals surface area (Å²) >= 11 is 0. The zero-order chi connectivity index (χ0) is 19.8. The summed E-state index contributed by atoms with van der Waals surface area (Å²) < 4.78 is 0. The van der Waals surface area contributed by atoms with Crippen molar-refractivity contribution in [2.45, 2.75) is 46.0 Å². The molecule has 0 aliphatic heterocycles. The quantitative estimate of drug-likeness (QED) is 0.350. The molecule has 1 aliphatic carbocycles. The molecule has 134 valence electrons. The molecule has 0 spiro atoms. The van der Waals surface area contributed by atoms with E-state index in [0.29, 0.717) is 5.92 Å². The van der Waals surface area contributed by atoms with Gasteiger partial charge in [0.15, 0.2) is 0 Å². The van der Waals surface area contributed by atoms with Crippen LogP contribution >= 0.6 is 0 Å². The Labute approximate surface area is 162 Å².